The Morgan fingerprint density at radius 2 is 1.86 bits per heavy atom. The van der Waals surface area contributed by atoms with E-state index < -0.39 is 5.97 Å². The largest absolute Gasteiger partial charge is 0.464 e. The number of hydrogen-bond donors (Lipinski definition) is 0. The highest BCUT2D eigenvalue weighted by atomic mass is 32.1. The number of thiazole rings is 1. The van der Waals surface area contributed by atoms with Crippen molar-refractivity contribution in [2.45, 2.75) is 51.5 Å². The van der Waals surface area contributed by atoms with Crippen molar-refractivity contribution in [2.24, 2.45) is 0 Å². The van der Waals surface area contributed by atoms with E-state index >= 15 is 0 Å². The molecule has 6 heteroatoms. The van der Waals surface area contributed by atoms with Crippen LogP contribution in [0.4, 0.5) is 5.13 Å². The van der Waals surface area contributed by atoms with Gasteiger partial charge in [0.05, 0.1) is 7.11 Å². The minimum atomic E-state index is -0.544. The molecule has 0 aromatic carbocycles. The van der Waals surface area contributed by atoms with Gasteiger partial charge >= 0.3 is 5.97 Å². The Kier molecular flexibility index (Phi) is 5.33. The Balaban J connectivity index is 2.26. The molecule has 5 nitrogen and oxygen atoms in total. The molecule has 0 unspecified atom stereocenters. The second-order valence-electron chi connectivity index (χ2n) is 5.48. The van der Waals surface area contributed by atoms with Crippen LogP contribution < -0.4 is 4.90 Å². The molecular weight excluding hydrogens is 288 g/mol. The maximum absolute atomic E-state index is 11.8. The van der Waals surface area contributed by atoms with Gasteiger partial charge in [-0.05, 0) is 12.8 Å². The van der Waals surface area contributed by atoms with E-state index in [1.165, 1.54) is 51.1 Å². The van der Waals surface area contributed by atoms with Gasteiger partial charge in [0.1, 0.15) is 4.88 Å². The van der Waals surface area contributed by atoms with Crippen molar-refractivity contribution in [1.29, 1.82) is 0 Å². The number of carbonyl (C=O) groups excluding carboxylic acids is 2. The van der Waals surface area contributed by atoms with Crippen LogP contribution >= 0.6 is 11.3 Å². The highest BCUT2D eigenvalue weighted by molar-refractivity contribution is 7.17. The monoisotopic (exact) mass is 310 g/mol. The van der Waals surface area contributed by atoms with Gasteiger partial charge in [0.2, 0.25) is 0 Å². The summed E-state index contributed by atoms with van der Waals surface area (Å²) in [5.74, 6) is -0.689. The average Bonchev–Trinajstić information content (AvgIpc) is 2.74. The van der Waals surface area contributed by atoms with Crippen LogP contribution in [0.5, 0.6) is 0 Å². The van der Waals surface area contributed by atoms with E-state index in [9.17, 15) is 9.59 Å². The van der Waals surface area contributed by atoms with E-state index in [0.717, 1.165) is 18.0 Å². The third-order valence-electron chi connectivity index (χ3n) is 3.99. The van der Waals surface area contributed by atoms with E-state index in [1.54, 1.807) is 0 Å². The predicted molar refractivity (Wildman–Crippen MR) is 83.4 cm³/mol. The maximum atomic E-state index is 11.8. The third kappa shape index (κ3) is 3.61. The molecule has 1 heterocycles. The van der Waals surface area contributed by atoms with Gasteiger partial charge in [-0.1, -0.05) is 37.0 Å². The molecule has 1 aliphatic rings. The second-order valence-corrected chi connectivity index (χ2v) is 6.46. The van der Waals surface area contributed by atoms with Gasteiger partial charge in [0, 0.05) is 20.0 Å². The molecule has 0 spiro atoms. The van der Waals surface area contributed by atoms with Crippen LogP contribution in [0.3, 0.4) is 0 Å². The summed E-state index contributed by atoms with van der Waals surface area (Å²) < 4.78 is 4.72. The maximum Gasteiger partial charge on any atom is 0.358 e. The summed E-state index contributed by atoms with van der Waals surface area (Å²) in [7, 11) is 3.31. The van der Waals surface area contributed by atoms with E-state index in [2.05, 4.69) is 9.88 Å². The summed E-state index contributed by atoms with van der Waals surface area (Å²) in [5.41, 5.74) is 0.144. The predicted octanol–water partition coefficient (Wildman–Crippen LogP) is 3.29. The summed E-state index contributed by atoms with van der Waals surface area (Å²) in [4.78, 5) is 30.3. The lowest BCUT2D eigenvalue weighted by atomic mass is 10.1. The number of esters is 1. The van der Waals surface area contributed by atoms with Gasteiger partial charge in [0.15, 0.2) is 16.6 Å². The first-order chi connectivity index (χ1) is 10.0. The van der Waals surface area contributed by atoms with Crippen LogP contribution in [0.2, 0.25) is 0 Å². The van der Waals surface area contributed by atoms with E-state index in [-0.39, 0.29) is 11.5 Å². The molecule has 0 radical (unpaired) electrons. The molecule has 1 saturated carbocycles. The van der Waals surface area contributed by atoms with Gasteiger partial charge in [-0.3, -0.25) is 4.79 Å². The van der Waals surface area contributed by atoms with Crippen molar-refractivity contribution in [3.63, 3.8) is 0 Å². The van der Waals surface area contributed by atoms with E-state index in [1.807, 2.05) is 7.05 Å². The van der Waals surface area contributed by atoms with Crippen molar-refractivity contribution in [1.82, 2.24) is 4.98 Å². The lowest BCUT2D eigenvalue weighted by Gasteiger charge is -2.26. The Labute approximate surface area is 129 Å². The quantitative estimate of drug-likeness (QED) is 0.485. The first kappa shape index (κ1) is 15.9. The standard InChI is InChI=1S/C15H22N2O3S/c1-10(18)13-12(14(19)20-3)16-15(21-13)17(2)11-8-6-4-5-7-9-11/h11H,4-9H2,1-3H3. The number of aromatic nitrogens is 1. The SMILES string of the molecule is COC(=O)c1nc(N(C)C2CCCCCC2)sc1C(C)=O. The summed E-state index contributed by atoms with van der Waals surface area (Å²) in [6, 6.07) is 0.434. The number of rotatable bonds is 4. The molecule has 1 fully saturated rings. The van der Waals surface area contributed by atoms with Crippen LogP contribution in [0.25, 0.3) is 0 Å². The zero-order valence-electron chi connectivity index (χ0n) is 12.8. The molecule has 21 heavy (non-hydrogen) atoms. The molecule has 0 amide bonds. The summed E-state index contributed by atoms with van der Waals surface area (Å²) in [5, 5.41) is 0.729. The van der Waals surface area contributed by atoms with Gasteiger partial charge < -0.3 is 9.64 Å². The molecule has 0 atom stereocenters. The Bertz CT molecular complexity index is 519. The van der Waals surface area contributed by atoms with Gasteiger partial charge in [-0.25, -0.2) is 9.78 Å². The number of ether oxygens (including phenoxy) is 1. The molecule has 0 bridgehead atoms. The molecule has 0 saturated heterocycles. The van der Waals surface area contributed by atoms with E-state index in [4.69, 9.17) is 4.74 Å². The number of hydrogen-bond acceptors (Lipinski definition) is 6. The fourth-order valence-electron chi connectivity index (χ4n) is 2.73. The topological polar surface area (TPSA) is 59.5 Å². The molecule has 116 valence electrons. The minimum Gasteiger partial charge on any atom is -0.464 e. The highest BCUT2D eigenvalue weighted by Gasteiger charge is 2.26. The zero-order valence-corrected chi connectivity index (χ0v) is 13.7. The van der Waals surface area contributed by atoms with Crippen molar-refractivity contribution in [3.8, 4) is 0 Å². The molecule has 2 rings (SSSR count). The lowest BCUT2D eigenvalue weighted by Crippen LogP contribution is -2.31. The number of carbonyl (C=O) groups is 2. The second kappa shape index (κ2) is 7.02. The van der Waals surface area contributed by atoms with Crippen LogP contribution in [-0.2, 0) is 4.74 Å². The number of nitrogens with zero attached hydrogens (tertiary/aromatic N) is 2. The van der Waals surface area contributed by atoms with Gasteiger partial charge in [-0.2, -0.15) is 0 Å². The van der Waals surface area contributed by atoms with Gasteiger partial charge in [0.25, 0.3) is 0 Å². The van der Waals surface area contributed by atoms with Crippen LogP contribution in [0.1, 0.15) is 65.6 Å². The summed E-state index contributed by atoms with van der Waals surface area (Å²) >= 11 is 1.28. The van der Waals surface area contributed by atoms with Crippen molar-refractivity contribution in [3.05, 3.63) is 10.6 Å². The number of ketones is 1. The highest BCUT2D eigenvalue weighted by Crippen LogP contribution is 2.31. The first-order valence-corrected chi connectivity index (χ1v) is 8.19. The number of anilines is 1. The van der Waals surface area contributed by atoms with Crippen molar-refractivity contribution < 1.29 is 14.3 Å². The molecule has 1 aromatic rings. The smallest absolute Gasteiger partial charge is 0.358 e. The molecule has 0 aliphatic heterocycles. The molecule has 0 N–H and O–H groups in total. The normalized spacial score (nSPS) is 16.3. The van der Waals surface area contributed by atoms with Crippen LogP contribution in [0, 0.1) is 0 Å². The molecular formula is C15H22N2O3S. The van der Waals surface area contributed by atoms with Crippen LogP contribution in [-0.4, -0.2) is 36.9 Å². The summed E-state index contributed by atoms with van der Waals surface area (Å²) in [6.07, 6.45) is 7.30. The first-order valence-electron chi connectivity index (χ1n) is 7.37. The fourth-order valence-corrected chi connectivity index (χ4v) is 3.72. The molecule has 1 aromatic heterocycles. The molecule has 1 aliphatic carbocycles. The fraction of sp³-hybridized carbons (Fsp3) is 0.667. The van der Waals surface area contributed by atoms with Gasteiger partial charge in [-0.15, -0.1) is 0 Å². The lowest BCUT2D eigenvalue weighted by molar-refractivity contribution is 0.0591. The Hall–Kier alpha value is -1.43. The third-order valence-corrected chi connectivity index (χ3v) is 5.24. The Morgan fingerprint density at radius 1 is 1.24 bits per heavy atom. The number of Topliss-reactive ketones (excluding diaryl/α,β-unsaturated/α-hetero) is 1. The van der Waals surface area contributed by atoms with Crippen molar-refractivity contribution >= 4 is 28.2 Å². The summed E-state index contributed by atoms with van der Waals surface area (Å²) in [6.45, 7) is 1.45. The minimum absolute atomic E-state index is 0.144. The number of methoxy groups -OCH3 is 1. The Morgan fingerprint density at radius 3 is 2.38 bits per heavy atom. The zero-order chi connectivity index (χ0) is 15.4. The average molecular weight is 310 g/mol. The van der Waals surface area contributed by atoms with Crippen LogP contribution in [0.15, 0.2) is 0 Å². The van der Waals surface area contributed by atoms with Crippen molar-refractivity contribution in [2.75, 3.05) is 19.1 Å². The van der Waals surface area contributed by atoms with E-state index in [0.29, 0.717) is 10.9 Å².